The minimum Gasteiger partial charge on any atom is -0.348 e. The smallest absolute Gasteiger partial charge is 0.348 e. The van der Waals surface area contributed by atoms with Gasteiger partial charge >= 0.3 is 6.18 Å². The Morgan fingerprint density at radius 1 is 1.13 bits per heavy atom. The van der Waals surface area contributed by atoms with Crippen LogP contribution in [-0.4, -0.2) is 17.1 Å². The number of nitrogens with one attached hydrogen (secondary N) is 1. The van der Waals surface area contributed by atoms with Crippen LogP contribution < -0.4 is 5.32 Å². The predicted octanol–water partition coefficient (Wildman–Crippen LogP) is 4.67. The van der Waals surface area contributed by atoms with Crippen LogP contribution in [0, 0.1) is 5.82 Å². The molecule has 0 fully saturated rings. The minimum absolute atomic E-state index is 0.260. The lowest BCUT2D eigenvalue weighted by atomic mass is 10.2. The highest BCUT2D eigenvalue weighted by Gasteiger charge is 2.30. The fourth-order valence-electron chi connectivity index (χ4n) is 1.93. The van der Waals surface area contributed by atoms with Crippen LogP contribution in [0.4, 0.5) is 23.2 Å². The summed E-state index contributed by atoms with van der Waals surface area (Å²) in [6.45, 7) is 0.408. The minimum atomic E-state index is -4.40. The molecule has 0 bridgehead atoms. The SMILES string of the molecule is CN(Cc1ccc(F)cc1)C(=S)Nc1cccc(C(F)(F)F)c1. The number of alkyl halides is 3. The summed E-state index contributed by atoms with van der Waals surface area (Å²) in [5, 5.41) is 3.04. The molecule has 122 valence electrons. The monoisotopic (exact) mass is 342 g/mol. The topological polar surface area (TPSA) is 15.3 Å². The summed E-state index contributed by atoms with van der Waals surface area (Å²) in [4.78, 5) is 1.66. The number of hydrogen-bond acceptors (Lipinski definition) is 1. The molecular formula is C16H14F4N2S. The average molecular weight is 342 g/mol. The third-order valence-corrected chi connectivity index (χ3v) is 3.53. The first-order valence-electron chi connectivity index (χ1n) is 6.69. The van der Waals surface area contributed by atoms with Crippen LogP contribution in [0.25, 0.3) is 0 Å². The first-order valence-corrected chi connectivity index (χ1v) is 7.10. The van der Waals surface area contributed by atoms with E-state index in [0.717, 1.165) is 17.7 Å². The van der Waals surface area contributed by atoms with Crippen molar-refractivity contribution in [2.24, 2.45) is 0 Å². The van der Waals surface area contributed by atoms with Gasteiger partial charge in [-0.3, -0.25) is 0 Å². The lowest BCUT2D eigenvalue weighted by Gasteiger charge is -2.21. The highest BCUT2D eigenvalue weighted by molar-refractivity contribution is 7.80. The van der Waals surface area contributed by atoms with Gasteiger partial charge in [0.2, 0.25) is 0 Å². The molecule has 0 unspecified atom stereocenters. The fourth-order valence-corrected chi connectivity index (χ4v) is 2.11. The van der Waals surface area contributed by atoms with Crippen molar-refractivity contribution < 1.29 is 17.6 Å². The van der Waals surface area contributed by atoms with Gasteiger partial charge in [-0.1, -0.05) is 18.2 Å². The molecule has 0 aliphatic heterocycles. The van der Waals surface area contributed by atoms with Gasteiger partial charge in [0.1, 0.15) is 5.82 Å². The van der Waals surface area contributed by atoms with Gasteiger partial charge in [-0.25, -0.2) is 4.39 Å². The van der Waals surface area contributed by atoms with Crippen LogP contribution in [0.5, 0.6) is 0 Å². The van der Waals surface area contributed by atoms with Crippen molar-refractivity contribution in [2.75, 3.05) is 12.4 Å². The van der Waals surface area contributed by atoms with Crippen LogP contribution in [0.15, 0.2) is 48.5 Å². The molecule has 23 heavy (non-hydrogen) atoms. The second kappa shape index (κ2) is 6.95. The van der Waals surface area contributed by atoms with Crippen LogP contribution >= 0.6 is 12.2 Å². The molecular weight excluding hydrogens is 328 g/mol. The Labute approximate surface area is 136 Å². The van der Waals surface area contributed by atoms with Gasteiger partial charge < -0.3 is 10.2 Å². The van der Waals surface area contributed by atoms with Crippen LogP contribution in [-0.2, 0) is 12.7 Å². The highest BCUT2D eigenvalue weighted by atomic mass is 32.1. The molecule has 2 aromatic rings. The number of benzene rings is 2. The molecule has 0 amide bonds. The average Bonchev–Trinajstić information content (AvgIpc) is 2.49. The maximum atomic E-state index is 12.9. The molecule has 0 atom stereocenters. The zero-order chi connectivity index (χ0) is 17.0. The van der Waals surface area contributed by atoms with E-state index in [1.54, 1.807) is 24.1 Å². The van der Waals surface area contributed by atoms with Gasteiger partial charge in [0.15, 0.2) is 5.11 Å². The number of halogens is 4. The van der Waals surface area contributed by atoms with E-state index in [-0.39, 0.29) is 16.6 Å². The predicted molar refractivity (Wildman–Crippen MR) is 85.5 cm³/mol. The van der Waals surface area contributed by atoms with E-state index in [0.29, 0.717) is 6.54 Å². The summed E-state index contributed by atoms with van der Waals surface area (Å²) in [7, 11) is 1.70. The quantitative estimate of drug-likeness (QED) is 0.644. The molecule has 1 N–H and O–H groups in total. The maximum Gasteiger partial charge on any atom is 0.416 e. The lowest BCUT2D eigenvalue weighted by molar-refractivity contribution is -0.137. The molecule has 0 aliphatic carbocycles. The number of rotatable bonds is 3. The van der Waals surface area contributed by atoms with E-state index < -0.39 is 11.7 Å². The Balaban J connectivity index is 2.02. The summed E-state index contributed by atoms with van der Waals surface area (Å²) in [5.41, 5.74) is 0.351. The third kappa shape index (κ3) is 4.92. The normalized spacial score (nSPS) is 11.2. The van der Waals surface area contributed by atoms with E-state index in [4.69, 9.17) is 12.2 Å². The Morgan fingerprint density at radius 3 is 2.39 bits per heavy atom. The van der Waals surface area contributed by atoms with Gasteiger partial charge in [0, 0.05) is 19.3 Å². The van der Waals surface area contributed by atoms with Gasteiger partial charge in [-0.05, 0) is 48.1 Å². The Kier molecular flexibility index (Phi) is 5.20. The van der Waals surface area contributed by atoms with E-state index in [2.05, 4.69) is 5.32 Å². The molecule has 2 nitrogen and oxygen atoms in total. The molecule has 2 aromatic carbocycles. The largest absolute Gasteiger partial charge is 0.416 e. The summed E-state index contributed by atoms with van der Waals surface area (Å²) in [6.07, 6.45) is -4.40. The van der Waals surface area contributed by atoms with Crippen molar-refractivity contribution in [1.82, 2.24) is 4.90 Å². The second-order valence-corrected chi connectivity index (χ2v) is 5.38. The molecule has 0 radical (unpaired) electrons. The van der Waals surface area contributed by atoms with E-state index in [1.165, 1.54) is 24.3 Å². The van der Waals surface area contributed by atoms with Crippen molar-refractivity contribution >= 4 is 23.0 Å². The van der Waals surface area contributed by atoms with Crippen molar-refractivity contribution in [3.8, 4) is 0 Å². The first kappa shape index (κ1) is 17.2. The second-order valence-electron chi connectivity index (χ2n) is 4.99. The van der Waals surface area contributed by atoms with E-state index >= 15 is 0 Å². The molecule has 0 aromatic heterocycles. The van der Waals surface area contributed by atoms with Gasteiger partial charge in [0.25, 0.3) is 0 Å². The molecule has 2 rings (SSSR count). The Bertz CT molecular complexity index is 683. The van der Waals surface area contributed by atoms with E-state index in [9.17, 15) is 17.6 Å². The third-order valence-electron chi connectivity index (χ3n) is 3.12. The van der Waals surface area contributed by atoms with Crippen molar-refractivity contribution in [3.63, 3.8) is 0 Å². The number of hydrogen-bond donors (Lipinski definition) is 1. The summed E-state index contributed by atoms with van der Waals surface area (Å²) >= 11 is 5.18. The van der Waals surface area contributed by atoms with Crippen LogP contribution in [0.3, 0.4) is 0 Å². The van der Waals surface area contributed by atoms with Gasteiger partial charge in [0.05, 0.1) is 5.56 Å². The van der Waals surface area contributed by atoms with Crippen LogP contribution in [0.2, 0.25) is 0 Å². The molecule has 0 spiro atoms. The standard InChI is InChI=1S/C16H14F4N2S/c1-22(10-11-5-7-13(17)8-6-11)15(23)21-14-4-2-3-12(9-14)16(18,19)20/h2-9H,10H2,1H3,(H,21,23). The summed E-state index contributed by atoms with van der Waals surface area (Å²) in [5.74, 6) is -0.332. The van der Waals surface area contributed by atoms with Crippen LogP contribution in [0.1, 0.15) is 11.1 Å². The number of thiocarbonyl (C=S) groups is 1. The summed E-state index contributed by atoms with van der Waals surface area (Å²) in [6, 6.07) is 10.7. The lowest BCUT2D eigenvalue weighted by Crippen LogP contribution is -2.30. The zero-order valence-electron chi connectivity index (χ0n) is 12.2. The Hall–Kier alpha value is -2.15. The molecule has 0 saturated heterocycles. The highest BCUT2D eigenvalue weighted by Crippen LogP contribution is 2.30. The van der Waals surface area contributed by atoms with Crippen molar-refractivity contribution in [2.45, 2.75) is 12.7 Å². The van der Waals surface area contributed by atoms with Gasteiger partial charge in [-0.15, -0.1) is 0 Å². The molecule has 0 saturated carbocycles. The van der Waals surface area contributed by atoms with Crippen molar-refractivity contribution in [1.29, 1.82) is 0 Å². The summed E-state index contributed by atoms with van der Waals surface area (Å²) < 4.78 is 50.9. The maximum absolute atomic E-state index is 12.9. The Morgan fingerprint density at radius 2 is 1.78 bits per heavy atom. The molecule has 0 heterocycles. The number of nitrogens with zero attached hydrogens (tertiary/aromatic N) is 1. The first-order chi connectivity index (χ1) is 10.8. The zero-order valence-corrected chi connectivity index (χ0v) is 13.0. The van der Waals surface area contributed by atoms with Gasteiger partial charge in [-0.2, -0.15) is 13.2 Å². The van der Waals surface area contributed by atoms with E-state index in [1.807, 2.05) is 0 Å². The molecule has 7 heteroatoms. The fraction of sp³-hybridized carbons (Fsp3) is 0.188. The molecule has 0 aliphatic rings. The number of anilines is 1. The van der Waals surface area contributed by atoms with Crippen molar-refractivity contribution in [3.05, 3.63) is 65.5 Å².